The van der Waals surface area contributed by atoms with Gasteiger partial charge >= 0.3 is 6.18 Å². The molecule has 40 heavy (non-hydrogen) atoms. The highest BCUT2D eigenvalue weighted by atomic mass is 19.4. The zero-order valence-electron chi connectivity index (χ0n) is 23.3. The second kappa shape index (κ2) is 12.5. The summed E-state index contributed by atoms with van der Waals surface area (Å²) in [4.78, 5) is 13.9. The van der Waals surface area contributed by atoms with E-state index in [2.05, 4.69) is 10.6 Å². The van der Waals surface area contributed by atoms with Gasteiger partial charge in [-0.25, -0.2) is 4.39 Å². The van der Waals surface area contributed by atoms with Gasteiger partial charge in [0.05, 0.1) is 0 Å². The number of oxazole rings is 1. The predicted octanol–water partition coefficient (Wildman–Crippen LogP) is 5.17. The monoisotopic (exact) mass is 572 g/mol. The van der Waals surface area contributed by atoms with E-state index in [0.717, 1.165) is 44.9 Å². The average molecular weight is 573 g/mol. The first-order chi connectivity index (χ1) is 19.1. The Morgan fingerprint density at radius 2 is 1.95 bits per heavy atom. The average Bonchev–Trinajstić information content (AvgIpc) is 3.69. The van der Waals surface area contributed by atoms with E-state index in [1.165, 1.54) is 6.26 Å². The number of hydrogen-bond acceptors (Lipinski definition) is 5. The third-order valence-corrected chi connectivity index (χ3v) is 9.88. The molecule has 5 rings (SSSR count). The van der Waals surface area contributed by atoms with Crippen molar-refractivity contribution in [2.75, 3.05) is 13.2 Å². The van der Waals surface area contributed by atoms with E-state index in [1.807, 2.05) is 6.92 Å². The van der Waals surface area contributed by atoms with Crippen LogP contribution in [0, 0.1) is 46.8 Å². The molecule has 11 heteroatoms. The molecule has 1 amide bonds. The SMILES string of the molecule is CC1CC([C@@H](NC(=O)C2CC(Cn3ccoc3=N)CC(C3CCCNC3OCC(F)(F)F)C2)C2CC2)CCC1F. The highest BCUT2D eigenvalue weighted by molar-refractivity contribution is 5.79. The number of halogens is 4. The van der Waals surface area contributed by atoms with Crippen molar-refractivity contribution in [3.8, 4) is 0 Å². The van der Waals surface area contributed by atoms with Crippen molar-refractivity contribution in [3.05, 3.63) is 18.1 Å². The molecule has 4 aliphatic rings. The van der Waals surface area contributed by atoms with Crippen LogP contribution in [0.1, 0.15) is 71.1 Å². The van der Waals surface area contributed by atoms with Gasteiger partial charge in [-0.05, 0) is 100 Å². The number of amides is 1. The summed E-state index contributed by atoms with van der Waals surface area (Å²) in [6.07, 6.45) is 5.20. The molecule has 226 valence electrons. The van der Waals surface area contributed by atoms with E-state index in [4.69, 9.17) is 14.6 Å². The molecule has 7 nitrogen and oxygen atoms in total. The normalized spacial score (nSPS) is 36.2. The minimum atomic E-state index is -4.40. The molecule has 1 aromatic heterocycles. The van der Waals surface area contributed by atoms with Crippen LogP contribution in [0.2, 0.25) is 0 Å². The third kappa shape index (κ3) is 7.49. The van der Waals surface area contributed by atoms with E-state index >= 15 is 0 Å². The molecular weight excluding hydrogens is 528 g/mol. The molecule has 3 aliphatic carbocycles. The summed E-state index contributed by atoms with van der Waals surface area (Å²) in [6, 6.07) is 0.0589. The van der Waals surface area contributed by atoms with Gasteiger partial charge < -0.3 is 14.5 Å². The fraction of sp³-hybridized carbons (Fsp3) is 0.862. The zero-order chi connectivity index (χ0) is 28.4. The first-order valence-corrected chi connectivity index (χ1v) is 15.1. The highest BCUT2D eigenvalue weighted by Crippen LogP contribution is 2.45. The Morgan fingerprint density at radius 1 is 1.18 bits per heavy atom. The maximum absolute atomic E-state index is 14.2. The van der Waals surface area contributed by atoms with Gasteiger partial charge in [-0.2, -0.15) is 13.2 Å². The second-order valence-corrected chi connectivity index (χ2v) is 12.9. The van der Waals surface area contributed by atoms with Gasteiger partial charge in [-0.1, -0.05) is 6.92 Å². The number of nitrogens with one attached hydrogen (secondary N) is 3. The summed E-state index contributed by atoms with van der Waals surface area (Å²) in [5.74, 6) is 0.439. The summed E-state index contributed by atoms with van der Waals surface area (Å²) in [6.45, 7) is 1.79. The standard InChI is InChI=1S/C29H44F4N4O3/c1-17-11-20(6-7-24(17)30)25(19-4-5-19)36-26(38)22-13-18(15-37-9-10-39-28(37)34)12-21(14-22)23-3-2-8-35-27(23)40-16-29(31,32)33/h9-10,17-25,27,34-35H,2-8,11-16H2,1H3,(H,36,38)/t17?,18?,20?,21?,22?,23?,24?,25-,27?/m0/s1. The number of nitrogens with zero attached hydrogens (tertiary/aromatic N) is 1. The molecule has 4 fully saturated rings. The number of carbonyl (C=O) groups is 1. The van der Waals surface area contributed by atoms with Crippen molar-refractivity contribution < 1.29 is 31.5 Å². The number of piperidine rings is 1. The molecule has 3 N–H and O–H groups in total. The van der Waals surface area contributed by atoms with Crippen LogP contribution in [0.15, 0.2) is 16.9 Å². The van der Waals surface area contributed by atoms with Crippen LogP contribution in [-0.2, 0) is 16.1 Å². The van der Waals surface area contributed by atoms with Crippen molar-refractivity contribution in [1.29, 1.82) is 5.41 Å². The van der Waals surface area contributed by atoms with Gasteiger partial charge in [0, 0.05) is 30.6 Å². The minimum Gasteiger partial charge on any atom is -0.432 e. The van der Waals surface area contributed by atoms with Gasteiger partial charge in [0.15, 0.2) is 0 Å². The smallest absolute Gasteiger partial charge is 0.411 e. The quantitative estimate of drug-likeness (QED) is 0.356. The van der Waals surface area contributed by atoms with Crippen molar-refractivity contribution >= 4 is 5.91 Å². The van der Waals surface area contributed by atoms with Crippen LogP contribution < -0.4 is 16.3 Å². The predicted molar refractivity (Wildman–Crippen MR) is 139 cm³/mol. The van der Waals surface area contributed by atoms with Gasteiger partial charge in [0.2, 0.25) is 5.91 Å². The molecule has 0 spiro atoms. The number of ether oxygens (including phenoxy) is 1. The van der Waals surface area contributed by atoms with Crippen molar-refractivity contribution in [1.82, 2.24) is 15.2 Å². The lowest BCUT2D eigenvalue weighted by Gasteiger charge is -2.43. The number of aromatic nitrogens is 1. The van der Waals surface area contributed by atoms with E-state index in [9.17, 15) is 22.4 Å². The van der Waals surface area contributed by atoms with Crippen molar-refractivity contribution in [3.63, 3.8) is 0 Å². The molecule has 1 aliphatic heterocycles. The number of carbonyl (C=O) groups excluding carboxylic acids is 1. The van der Waals surface area contributed by atoms with Crippen molar-refractivity contribution in [2.24, 2.45) is 41.4 Å². The maximum Gasteiger partial charge on any atom is 0.411 e. The largest absolute Gasteiger partial charge is 0.432 e. The molecule has 0 aromatic carbocycles. The summed E-state index contributed by atoms with van der Waals surface area (Å²) in [7, 11) is 0. The van der Waals surface area contributed by atoms with E-state index in [1.54, 1.807) is 10.8 Å². The van der Waals surface area contributed by atoms with Gasteiger partial charge in [-0.3, -0.25) is 20.1 Å². The Kier molecular flexibility index (Phi) is 9.29. The number of hydrogen-bond donors (Lipinski definition) is 3. The fourth-order valence-corrected chi connectivity index (χ4v) is 7.74. The lowest BCUT2D eigenvalue weighted by Crippen LogP contribution is -2.51. The molecular formula is C29H44F4N4O3. The molecule has 0 radical (unpaired) electrons. The Bertz CT molecular complexity index is 1040. The zero-order valence-corrected chi connectivity index (χ0v) is 23.3. The summed E-state index contributed by atoms with van der Waals surface area (Å²) >= 11 is 0. The highest BCUT2D eigenvalue weighted by Gasteiger charge is 2.45. The first kappa shape index (κ1) is 29.6. The van der Waals surface area contributed by atoms with E-state index in [0.29, 0.717) is 38.3 Å². The molecule has 2 heterocycles. The van der Waals surface area contributed by atoms with E-state index in [-0.39, 0.29) is 53.1 Å². The summed E-state index contributed by atoms with van der Waals surface area (Å²) in [5.41, 5.74) is 0.0419. The number of rotatable bonds is 9. The van der Waals surface area contributed by atoms with Crippen LogP contribution >= 0.6 is 0 Å². The van der Waals surface area contributed by atoms with Gasteiger partial charge in [-0.15, -0.1) is 0 Å². The second-order valence-electron chi connectivity index (χ2n) is 12.9. The molecule has 3 saturated carbocycles. The first-order valence-electron chi connectivity index (χ1n) is 15.1. The Balaban J connectivity index is 1.31. The molecule has 0 bridgehead atoms. The van der Waals surface area contributed by atoms with Crippen molar-refractivity contribution in [2.45, 2.75) is 102 Å². The van der Waals surface area contributed by atoms with Crippen LogP contribution in [-0.4, -0.2) is 48.2 Å². The van der Waals surface area contributed by atoms with Gasteiger partial charge in [0.25, 0.3) is 5.68 Å². The molecule has 1 aromatic rings. The Hall–Kier alpha value is -1.88. The Morgan fingerprint density at radius 3 is 2.62 bits per heavy atom. The van der Waals surface area contributed by atoms with Crippen LogP contribution in [0.5, 0.6) is 0 Å². The fourth-order valence-electron chi connectivity index (χ4n) is 7.74. The molecule has 9 atom stereocenters. The topological polar surface area (TPSA) is 92.3 Å². The minimum absolute atomic E-state index is 0.00108. The molecule has 8 unspecified atom stereocenters. The lowest BCUT2D eigenvalue weighted by molar-refractivity contribution is -0.200. The van der Waals surface area contributed by atoms with Crippen LogP contribution in [0.3, 0.4) is 0 Å². The lowest BCUT2D eigenvalue weighted by atomic mass is 9.68. The molecule has 1 saturated heterocycles. The van der Waals surface area contributed by atoms with Crippen LogP contribution in [0.25, 0.3) is 0 Å². The summed E-state index contributed by atoms with van der Waals surface area (Å²) < 4.78 is 65.4. The van der Waals surface area contributed by atoms with Crippen LogP contribution in [0.4, 0.5) is 17.6 Å². The Labute approximate surface area is 233 Å². The number of alkyl halides is 4. The maximum atomic E-state index is 14.2. The van der Waals surface area contributed by atoms with E-state index < -0.39 is 25.2 Å². The third-order valence-electron chi connectivity index (χ3n) is 9.88. The summed E-state index contributed by atoms with van der Waals surface area (Å²) in [5, 5.41) is 14.6. The van der Waals surface area contributed by atoms with Gasteiger partial charge in [0.1, 0.15) is 25.3 Å².